The van der Waals surface area contributed by atoms with Gasteiger partial charge >= 0.3 is 0 Å². The van der Waals surface area contributed by atoms with Crippen molar-refractivity contribution in [1.29, 1.82) is 0 Å². The number of benzene rings is 1. The molecule has 0 unspecified atom stereocenters. The minimum absolute atomic E-state index is 0. The van der Waals surface area contributed by atoms with Crippen molar-refractivity contribution in [3.63, 3.8) is 0 Å². The van der Waals surface area contributed by atoms with Gasteiger partial charge in [0.05, 0.1) is 0 Å². The number of thiol groups is 1. The summed E-state index contributed by atoms with van der Waals surface area (Å²) < 4.78 is 0. The Kier molecular flexibility index (Phi) is 10.2. The third-order valence-electron chi connectivity index (χ3n) is 1.34. The highest BCUT2D eigenvalue weighted by Gasteiger charge is 1.85. The van der Waals surface area contributed by atoms with E-state index in [4.69, 9.17) is 0 Å². The van der Waals surface area contributed by atoms with Gasteiger partial charge in [-0.25, -0.2) is 0 Å². The first-order valence-electron chi connectivity index (χ1n) is 4.11. The molecule has 0 nitrogen and oxygen atoms in total. The fraction of sp³-hybridized carbons (Fsp3) is 0.455. The topological polar surface area (TPSA) is 0 Å². The van der Waals surface area contributed by atoms with Gasteiger partial charge in [-0.3, -0.25) is 0 Å². The molecule has 0 aromatic heterocycles. The summed E-state index contributed by atoms with van der Waals surface area (Å²) in [5.41, 5.74) is 1.37. The Hall–Kier alpha value is -0.430. The Bertz CT molecular complexity index is 177. The molecule has 0 saturated carbocycles. The average molecular weight is 184 g/mol. The molecule has 0 amide bonds. The first-order chi connectivity index (χ1) is 5.33. The molecule has 0 spiro atoms. The van der Waals surface area contributed by atoms with Crippen molar-refractivity contribution in [2.24, 2.45) is 0 Å². The van der Waals surface area contributed by atoms with E-state index >= 15 is 0 Å². The van der Waals surface area contributed by atoms with E-state index < -0.39 is 0 Å². The fourth-order valence-corrected chi connectivity index (χ4v) is 0.881. The predicted molar refractivity (Wildman–Crippen MR) is 61.2 cm³/mol. The molecule has 0 N–H and O–H groups in total. The minimum Gasteiger partial charge on any atom is -0.143 e. The maximum atomic E-state index is 4.17. The van der Waals surface area contributed by atoms with Crippen molar-refractivity contribution in [3.05, 3.63) is 29.8 Å². The molecule has 0 aliphatic carbocycles. The van der Waals surface area contributed by atoms with Gasteiger partial charge in [-0.05, 0) is 24.1 Å². The zero-order valence-electron chi connectivity index (χ0n) is 7.46. The van der Waals surface area contributed by atoms with Gasteiger partial charge in [0.15, 0.2) is 0 Å². The molecule has 1 aromatic carbocycles. The summed E-state index contributed by atoms with van der Waals surface area (Å²) in [6, 6.07) is 8.23. The quantitative estimate of drug-likeness (QED) is 0.621. The Morgan fingerprint density at radius 1 is 1.08 bits per heavy atom. The van der Waals surface area contributed by atoms with E-state index in [-0.39, 0.29) is 7.43 Å². The molecule has 1 heteroatoms. The van der Waals surface area contributed by atoms with E-state index in [9.17, 15) is 0 Å². The largest absolute Gasteiger partial charge is 0.143 e. The van der Waals surface area contributed by atoms with Gasteiger partial charge in [-0.2, -0.15) is 0 Å². The first kappa shape index (κ1) is 14.1. The molecule has 0 saturated heterocycles. The van der Waals surface area contributed by atoms with E-state index in [2.05, 4.69) is 31.7 Å². The monoisotopic (exact) mass is 184 g/mol. The lowest BCUT2D eigenvalue weighted by atomic mass is 10.2. The standard InChI is InChI=1S/C8H10S.C2H6.CH4/c1-2-7-3-5-8(9)6-4-7;1-2;/h3-6,9H,2H2,1H3;1-2H3;1H4. The molecule has 0 aliphatic heterocycles. The van der Waals surface area contributed by atoms with E-state index in [1.165, 1.54) is 5.56 Å². The van der Waals surface area contributed by atoms with Gasteiger partial charge in [0.1, 0.15) is 0 Å². The third-order valence-corrected chi connectivity index (χ3v) is 1.64. The number of rotatable bonds is 1. The van der Waals surface area contributed by atoms with Crippen LogP contribution in [0.1, 0.15) is 33.8 Å². The van der Waals surface area contributed by atoms with Crippen molar-refractivity contribution >= 4 is 12.6 Å². The maximum Gasteiger partial charge on any atom is 0.00401 e. The molecule has 0 aliphatic rings. The van der Waals surface area contributed by atoms with Crippen LogP contribution in [0.3, 0.4) is 0 Å². The van der Waals surface area contributed by atoms with Gasteiger partial charge in [0.2, 0.25) is 0 Å². The Balaban J connectivity index is 0. The van der Waals surface area contributed by atoms with E-state index in [1.807, 2.05) is 26.0 Å². The summed E-state index contributed by atoms with van der Waals surface area (Å²) in [5.74, 6) is 0. The lowest BCUT2D eigenvalue weighted by molar-refractivity contribution is 1.13. The normalized spacial score (nSPS) is 7.67. The van der Waals surface area contributed by atoms with Crippen molar-refractivity contribution < 1.29 is 0 Å². The Labute approximate surface area is 82.4 Å². The summed E-state index contributed by atoms with van der Waals surface area (Å²) in [6.07, 6.45) is 1.11. The molecule has 1 aromatic rings. The Morgan fingerprint density at radius 3 is 1.83 bits per heavy atom. The van der Waals surface area contributed by atoms with Crippen LogP contribution >= 0.6 is 12.6 Å². The lowest BCUT2D eigenvalue weighted by Crippen LogP contribution is -1.76. The summed E-state index contributed by atoms with van der Waals surface area (Å²) in [6.45, 7) is 6.15. The number of aryl methyl sites for hydroxylation is 1. The van der Waals surface area contributed by atoms with E-state index in [1.54, 1.807) is 0 Å². The molecule has 0 heterocycles. The van der Waals surface area contributed by atoms with Gasteiger partial charge in [-0.1, -0.05) is 40.3 Å². The molecule has 70 valence electrons. The van der Waals surface area contributed by atoms with Gasteiger partial charge in [-0.15, -0.1) is 12.6 Å². The second kappa shape index (κ2) is 8.66. The molecular weight excluding hydrogens is 164 g/mol. The summed E-state index contributed by atoms with van der Waals surface area (Å²) in [5, 5.41) is 0. The molecule has 0 fully saturated rings. The van der Waals surface area contributed by atoms with Crippen molar-refractivity contribution in [2.75, 3.05) is 0 Å². The van der Waals surface area contributed by atoms with Crippen LogP contribution in [-0.4, -0.2) is 0 Å². The summed E-state index contributed by atoms with van der Waals surface area (Å²) >= 11 is 4.17. The smallest absolute Gasteiger partial charge is 0.00401 e. The van der Waals surface area contributed by atoms with Crippen LogP contribution in [0, 0.1) is 0 Å². The van der Waals surface area contributed by atoms with Crippen molar-refractivity contribution in [3.8, 4) is 0 Å². The summed E-state index contributed by atoms with van der Waals surface area (Å²) in [4.78, 5) is 1.03. The molecule has 12 heavy (non-hydrogen) atoms. The van der Waals surface area contributed by atoms with Crippen molar-refractivity contribution in [2.45, 2.75) is 39.5 Å². The third kappa shape index (κ3) is 5.25. The van der Waals surface area contributed by atoms with Crippen LogP contribution in [0.15, 0.2) is 29.2 Å². The first-order valence-corrected chi connectivity index (χ1v) is 4.55. The van der Waals surface area contributed by atoms with Crippen LogP contribution in [0.4, 0.5) is 0 Å². The zero-order chi connectivity index (χ0) is 8.69. The molecule has 1 rings (SSSR count). The highest BCUT2D eigenvalue weighted by atomic mass is 32.1. The van der Waals surface area contributed by atoms with Gasteiger partial charge in [0, 0.05) is 4.90 Å². The van der Waals surface area contributed by atoms with Crippen LogP contribution in [-0.2, 0) is 6.42 Å². The zero-order valence-corrected chi connectivity index (χ0v) is 8.36. The highest BCUT2D eigenvalue weighted by Crippen LogP contribution is 2.07. The maximum absolute atomic E-state index is 4.17. The van der Waals surface area contributed by atoms with Crippen LogP contribution in [0.5, 0.6) is 0 Å². The fourth-order valence-electron chi connectivity index (χ4n) is 0.732. The van der Waals surface area contributed by atoms with E-state index in [0.29, 0.717) is 0 Å². The predicted octanol–water partition coefficient (Wildman–Crippen LogP) is 4.20. The molecule has 0 radical (unpaired) electrons. The van der Waals surface area contributed by atoms with Crippen LogP contribution in [0.25, 0.3) is 0 Å². The second-order valence-electron chi connectivity index (χ2n) is 2.02. The molecule has 0 bridgehead atoms. The van der Waals surface area contributed by atoms with Crippen LogP contribution in [0.2, 0.25) is 0 Å². The average Bonchev–Trinajstić information content (AvgIpc) is 2.10. The van der Waals surface area contributed by atoms with E-state index in [0.717, 1.165) is 11.3 Å². The van der Waals surface area contributed by atoms with Gasteiger partial charge in [0.25, 0.3) is 0 Å². The van der Waals surface area contributed by atoms with Crippen molar-refractivity contribution in [1.82, 2.24) is 0 Å². The molecular formula is C11H20S. The van der Waals surface area contributed by atoms with Crippen LogP contribution < -0.4 is 0 Å². The second-order valence-corrected chi connectivity index (χ2v) is 2.54. The summed E-state index contributed by atoms with van der Waals surface area (Å²) in [7, 11) is 0. The lowest BCUT2D eigenvalue weighted by Gasteiger charge is -1.93. The molecule has 0 atom stereocenters. The SMILES string of the molecule is C.CC.CCc1ccc(S)cc1. The van der Waals surface area contributed by atoms with Gasteiger partial charge < -0.3 is 0 Å². The Morgan fingerprint density at radius 2 is 1.50 bits per heavy atom. The minimum atomic E-state index is 0. The highest BCUT2D eigenvalue weighted by molar-refractivity contribution is 7.80. The number of hydrogen-bond acceptors (Lipinski definition) is 1. The number of hydrogen-bond donors (Lipinski definition) is 1.